The molecule has 0 radical (unpaired) electrons. The Morgan fingerprint density at radius 1 is 1.22 bits per heavy atom. The summed E-state index contributed by atoms with van der Waals surface area (Å²) < 4.78 is 15.0. The first-order chi connectivity index (χ1) is 8.58. The van der Waals surface area contributed by atoms with E-state index in [2.05, 4.69) is 38.5 Å². The maximum Gasteiger partial charge on any atom is 0.124 e. The van der Waals surface area contributed by atoms with Gasteiger partial charge in [0.2, 0.25) is 0 Å². The van der Waals surface area contributed by atoms with Crippen LogP contribution in [0.4, 0.5) is 4.39 Å². The fourth-order valence-corrected chi connectivity index (χ4v) is 3.14. The fourth-order valence-electron chi connectivity index (χ4n) is 1.81. The Morgan fingerprint density at radius 3 is 2.61 bits per heavy atom. The first-order valence-electron chi connectivity index (χ1n) is 5.52. The Bertz CT molecular complexity index is 559. The highest BCUT2D eigenvalue weighted by Gasteiger charge is 2.12. The van der Waals surface area contributed by atoms with Gasteiger partial charge in [-0.25, -0.2) is 4.39 Å². The van der Waals surface area contributed by atoms with Crippen LogP contribution in [0.2, 0.25) is 0 Å². The number of hydrogen-bond donors (Lipinski definition) is 1. The van der Waals surface area contributed by atoms with Gasteiger partial charge in [0.15, 0.2) is 0 Å². The van der Waals surface area contributed by atoms with Gasteiger partial charge in [-0.05, 0) is 58.3 Å². The third-order valence-electron chi connectivity index (χ3n) is 2.76. The van der Waals surface area contributed by atoms with Crippen LogP contribution in [0.25, 0.3) is 0 Å². The minimum absolute atomic E-state index is 0.129. The topological polar surface area (TPSA) is 26.0 Å². The summed E-state index contributed by atoms with van der Waals surface area (Å²) in [5, 5.41) is 0. The molecule has 2 rings (SSSR count). The van der Waals surface area contributed by atoms with Crippen molar-refractivity contribution in [2.75, 3.05) is 0 Å². The largest absolute Gasteiger partial charge is 0.324 e. The maximum absolute atomic E-state index is 13.0. The number of halogens is 3. The van der Waals surface area contributed by atoms with Crippen LogP contribution in [0.5, 0.6) is 0 Å². The highest BCUT2D eigenvalue weighted by Crippen LogP contribution is 2.25. The Hall–Kier alpha value is -0.460. The van der Waals surface area contributed by atoms with Gasteiger partial charge in [-0.3, -0.25) is 0 Å². The van der Waals surface area contributed by atoms with Crippen LogP contribution in [-0.2, 0) is 6.42 Å². The van der Waals surface area contributed by atoms with Crippen molar-refractivity contribution in [2.45, 2.75) is 12.5 Å². The zero-order valence-electron chi connectivity index (χ0n) is 9.54. The molecule has 2 N–H and O–H groups in total. The number of hydrogen-bond acceptors (Lipinski definition) is 1. The van der Waals surface area contributed by atoms with Gasteiger partial charge in [-0.1, -0.05) is 40.2 Å². The number of rotatable bonds is 3. The third-order valence-corrected chi connectivity index (χ3v) is 4.47. The molecule has 0 aliphatic rings. The van der Waals surface area contributed by atoms with Crippen molar-refractivity contribution in [3.05, 3.63) is 67.5 Å². The Morgan fingerprint density at radius 2 is 1.94 bits per heavy atom. The minimum atomic E-state index is -0.226. The molecule has 94 valence electrons. The molecule has 0 heterocycles. The first-order valence-corrected chi connectivity index (χ1v) is 7.39. The van der Waals surface area contributed by atoms with Crippen LogP contribution in [0.1, 0.15) is 17.2 Å². The quantitative estimate of drug-likeness (QED) is 0.731. The van der Waals surface area contributed by atoms with E-state index in [9.17, 15) is 4.39 Å². The smallest absolute Gasteiger partial charge is 0.124 e. The van der Waals surface area contributed by atoms with Crippen LogP contribution < -0.4 is 5.73 Å². The lowest BCUT2D eigenvalue weighted by molar-refractivity contribution is 0.622. The van der Waals surface area contributed by atoms with E-state index in [1.165, 1.54) is 12.1 Å². The number of nitrogens with two attached hydrogens (primary N) is 1. The molecule has 0 aliphatic carbocycles. The Kier molecular flexibility index (Phi) is 4.75. The summed E-state index contributed by atoms with van der Waals surface area (Å²) in [4.78, 5) is 0. The van der Waals surface area contributed by atoms with Crippen molar-refractivity contribution < 1.29 is 4.39 Å². The summed E-state index contributed by atoms with van der Waals surface area (Å²) in [5.41, 5.74) is 8.34. The van der Waals surface area contributed by atoms with E-state index in [-0.39, 0.29) is 11.9 Å². The standard InChI is InChI=1S/C14H12BrFIN/c15-12-4-2-1-3-9(12)7-14(18)11-6-5-10(16)8-13(11)17/h1-6,8,14H,7,18H2. The van der Waals surface area contributed by atoms with Gasteiger partial charge in [-0.2, -0.15) is 0 Å². The predicted molar refractivity (Wildman–Crippen MR) is 83.9 cm³/mol. The van der Waals surface area contributed by atoms with E-state index in [4.69, 9.17) is 5.73 Å². The molecule has 0 aliphatic heterocycles. The van der Waals surface area contributed by atoms with Crippen molar-refractivity contribution in [1.82, 2.24) is 0 Å². The highest BCUT2D eigenvalue weighted by molar-refractivity contribution is 14.1. The maximum atomic E-state index is 13.0. The van der Waals surface area contributed by atoms with Crippen molar-refractivity contribution in [1.29, 1.82) is 0 Å². The molecule has 0 spiro atoms. The van der Waals surface area contributed by atoms with Gasteiger partial charge in [-0.15, -0.1) is 0 Å². The zero-order valence-corrected chi connectivity index (χ0v) is 13.3. The summed E-state index contributed by atoms with van der Waals surface area (Å²) in [6.45, 7) is 0. The molecule has 0 bridgehead atoms. The van der Waals surface area contributed by atoms with Gasteiger partial charge in [0.1, 0.15) is 5.82 Å². The summed E-state index contributed by atoms with van der Waals surface area (Å²) in [6, 6.07) is 12.6. The molecule has 0 aromatic heterocycles. The lowest BCUT2D eigenvalue weighted by Crippen LogP contribution is -2.15. The lowest BCUT2D eigenvalue weighted by Gasteiger charge is -2.15. The van der Waals surface area contributed by atoms with Gasteiger partial charge >= 0.3 is 0 Å². The predicted octanol–water partition coefficient (Wildman–Crippen LogP) is 4.44. The van der Waals surface area contributed by atoms with E-state index in [0.717, 1.165) is 25.6 Å². The van der Waals surface area contributed by atoms with Gasteiger partial charge in [0.05, 0.1) is 0 Å². The molecular formula is C14H12BrFIN. The second kappa shape index (κ2) is 6.12. The summed E-state index contributed by atoms with van der Waals surface area (Å²) in [5.74, 6) is -0.226. The Balaban J connectivity index is 2.22. The average molecular weight is 420 g/mol. The monoisotopic (exact) mass is 419 g/mol. The molecule has 1 unspecified atom stereocenters. The normalized spacial score (nSPS) is 12.4. The van der Waals surface area contributed by atoms with Gasteiger partial charge in [0.25, 0.3) is 0 Å². The SMILES string of the molecule is NC(Cc1ccccc1Br)c1ccc(F)cc1I. The van der Waals surface area contributed by atoms with Gasteiger partial charge < -0.3 is 5.73 Å². The van der Waals surface area contributed by atoms with Crippen LogP contribution in [0.15, 0.2) is 46.9 Å². The molecule has 2 aromatic rings. The van der Waals surface area contributed by atoms with E-state index in [1.54, 1.807) is 6.07 Å². The summed E-state index contributed by atoms with van der Waals surface area (Å²) in [7, 11) is 0. The zero-order chi connectivity index (χ0) is 13.1. The molecule has 0 saturated heterocycles. The molecule has 2 aromatic carbocycles. The fraction of sp³-hybridized carbons (Fsp3) is 0.143. The van der Waals surface area contributed by atoms with E-state index >= 15 is 0 Å². The first kappa shape index (κ1) is 14.0. The van der Waals surface area contributed by atoms with Crippen LogP contribution >= 0.6 is 38.5 Å². The van der Waals surface area contributed by atoms with Crippen molar-refractivity contribution in [3.63, 3.8) is 0 Å². The van der Waals surface area contributed by atoms with E-state index in [1.807, 2.05) is 24.3 Å². The second-order valence-electron chi connectivity index (χ2n) is 4.07. The average Bonchev–Trinajstić information content (AvgIpc) is 2.32. The molecule has 1 atom stereocenters. The number of benzene rings is 2. The highest BCUT2D eigenvalue weighted by atomic mass is 127. The molecule has 18 heavy (non-hydrogen) atoms. The van der Waals surface area contributed by atoms with Crippen molar-refractivity contribution >= 4 is 38.5 Å². The van der Waals surface area contributed by atoms with Crippen molar-refractivity contribution in [3.8, 4) is 0 Å². The molecule has 4 heteroatoms. The molecule has 0 amide bonds. The van der Waals surface area contributed by atoms with Crippen LogP contribution in [-0.4, -0.2) is 0 Å². The van der Waals surface area contributed by atoms with E-state index < -0.39 is 0 Å². The van der Waals surface area contributed by atoms with Crippen LogP contribution in [0, 0.1) is 9.39 Å². The Labute approximate surface area is 128 Å². The molecular weight excluding hydrogens is 408 g/mol. The van der Waals surface area contributed by atoms with E-state index in [0.29, 0.717) is 0 Å². The molecule has 1 nitrogen and oxygen atoms in total. The summed E-state index contributed by atoms with van der Waals surface area (Å²) >= 11 is 5.63. The second-order valence-corrected chi connectivity index (χ2v) is 6.08. The van der Waals surface area contributed by atoms with Crippen molar-refractivity contribution in [2.24, 2.45) is 5.73 Å². The third kappa shape index (κ3) is 3.30. The van der Waals surface area contributed by atoms with Crippen LogP contribution in [0.3, 0.4) is 0 Å². The van der Waals surface area contributed by atoms with Gasteiger partial charge in [0, 0.05) is 14.1 Å². The summed E-state index contributed by atoms with van der Waals surface area (Å²) in [6.07, 6.45) is 0.725. The lowest BCUT2D eigenvalue weighted by atomic mass is 10.00. The minimum Gasteiger partial charge on any atom is -0.324 e. The molecule has 0 fully saturated rings. The molecule has 0 saturated carbocycles.